The largest absolute Gasteiger partial charge is 0.444 e. The standard InChI is InChI=1S/C15H24F2N2O3/c1-14(2,3)22-13(21)18-10-4-6-11(7-5-10)19-9-8-15(16,17)12(19)20/h10-11H,4-9H2,1-3H3,(H,18,21)/t10-,11-. The highest BCUT2D eigenvalue weighted by Gasteiger charge is 2.50. The van der Waals surface area contributed by atoms with E-state index in [0.29, 0.717) is 25.7 Å². The molecule has 0 atom stereocenters. The molecule has 2 rings (SSSR count). The molecule has 1 aliphatic carbocycles. The van der Waals surface area contributed by atoms with E-state index in [2.05, 4.69) is 5.32 Å². The van der Waals surface area contributed by atoms with Gasteiger partial charge < -0.3 is 15.0 Å². The number of carbonyl (C=O) groups excluding carboxylic acids is 2. The number of nitrogens with one attached hydrogen (secondary N) is 1. The van der Waals surface area contributed by atoms with Gasteiger partial charge in [0.05, 0.1) is 0 Å². The molecule has 0 aromatic carbocycles. The second-order valence-electron chi connectivity index (χ2n) is 7.10. The second kappa shape index (κ2) is 6.01. The van der Waals surface area contributed by atoms with Gasteiger partial charge in [-0.2, -0.15) is 8.78 Å². The lowest BCUT2D eigenvalue weighted by Gasteiger charge is -2.35. The summed E-state index contributed by atoms with van der Waals surface area (Å²) in [6, 6.07) is -0.165. The van der Waals surface area contributed by atoms with Crippen molar-refractivity contribution < 1.29 is 23.1 Å². The van der Waals surface area contributed by atoms with Gasteiger partial charge in [-0.05, 0) is 46.5 Å². The summed E-state index contributed by atoms with van der Waals surface area (Å²) in [7, 11) is 0. The van der Waals surface area contributed by atoms with E-state index in [0.717, 1.165) is 0 Å². The Hall–Kier alpha value is -1.40. The summed E-state index contributed by atoms with van der Waals surface area (Å²) in [5.41, 5.74) is -0.547. The molecule has 2 fully saturated rings. The molecule has 2 aliphatic rings. The summed E-state index contributed by atoms with van der Waals surface area (Å²) in [5.74, 6) is -4.25. The molecule has 1 N–H and O–H groups in total. The van der Waals surface area contributed by atoms with Crippen molar-refractivity contribution in [1.82, 2.24) is 10.2 Å². The maximum absolute atomic E-state index is 13.3. The van der Waals surface area contributed by atoms with Crippen molar-refractivity contribution in [3.63, 3.8) is 0 Å². The molecule has 0 unspecified atom stereocenters. The summed E-state index contributed by atoms with van der Waals surface area (Å²) in [4.78, 5) is 24.6. The first-order chi connectivity index (χ1) is 10.1. The van der Waals surface area contributed by atoms with E-state index >= 15 is 0 Å². The quantitative estimate of drug-likeness (QED) is 0.851. The van der Waals surface area contributed by atoms with Crippen molar-refractivity contribution in [2.24, 2.45) is 0 Å². The Morgan fingerprint density at radius 2 is 1.86 bits per heavy atom. The monoisotopic (exact) mass is 318 g/mol. The topological polar surface area (TPSA) is 58.6 Å². The van der Waals surface area contributed by atoms with E-state index in [9.17, 15) is 18.4 Å². The number of amides is 2. The summed E-state index contributed by atoms with van der Waals surface area (Å²) in [6.45, 7) is 5.51. The van der Waals surface area contributed by atoms with E-state index in [4.69, 9.17) is 4.74 Å². The van der Waals surface area contributed by atoms with Gasteiger partial charge in [0.25, 0.3) is 5.91 Å². The van der Waals surface area contributed by atoms with Crippen molar-refractivity contribution in [3.8, 4) is 0 Å². The molecule has 0 spiro atoms. The number of likely N-dealkylation sites (tertiary alicyclic amines) is 1. The van der Waals surface area contributed by atoms with E-state index < -0.39 is 23.5 Å². The summed E-state index contributed by atoms with van der Waals surface area (Å²) in [5, 5.41) is 2.80. The number of alkyl halides is 2. The molecule has 126 valence electrons. The van der Waals surface area contributed by atoms with Gasteiger partial charge in [-0.1, -0.05) is 0 Å². The summed E-state index contributed by atoms with van der Waals surface area (Å²) >= 11 is 0. The van der Waals surface area contributed by atoms with Crippen LogP contribution in [0.25, 0.3) is 0 Å². The predicted octanol–water partition coefficient (Wildman–Crippen LogP) is 2.69. The molecule has 22 heavy (non-hydrogen) atoms. The summed E-state index contributed by atoms with van der Waals surface area (Å²) in [6.07, 6.45) is 1.74. The van der Waals surface area contributed by atoms with Gasteiger partial charge in [-0.15, -0.1) is 0 Å². The smallest absolute Gasteiger partial charge is 0.407 e. The molecule has 5 nitrogen and oxygen atoms in total. The lowest BCUT2D eigenvalue weighted by Crippen LogP contribution is -2.46. The average Bonchev–Trinajstić information content (AvgIpc) is 2.63. The van der Waals surface area contributed by atoms with Gasteiger partial charge in [0.15, 0.2) is 0 Å². The molecule has 7 heteroatoms. The van der Waals surface area contributed by atoms with E-state index in [1.165, 1.54) is 4.90 Å². The highest BCUT2D eigenvalue weighted by atomic mass is 19.3. The zero-order chi connectivity index (χ0) is 16.5. The first-order valence-corrected chi connectivity index (χ1v) is 7.77. The fourth-order valence-corrected chi connectivity index (χ4v) is 3.03. The number of nitrogens with zero attached hydrogens (tertiary/aromatic N) is 1. The Labute approximate surface area is 129 Å². The maximum Gasteiger partial charge on any atom is 0.407 e. The third-order valence-electron chi connectivity index (χ3n) is 4.10. The molecule has 0 radical (unpaired) electrons. The van der Waals surface area contributed by atoms with Gasteiger partial charge in [0, 0.05) is 25.0 Å². The first kappa shape index (κ1) is 17.0. The van der Waals surface area contributed by atoms with Crippen molar-refractivity contribution in [2.75, 3.05) is 6.54 Å². The van der Waals surface area contributed by atoms with E-state index in [-0.39, 0.29) is 25.0 Å². The number of carbonyl (C=O) groups is 2. The third-order valence-corrected chi connectivity index (χ3v) is 4.10. The minimum atomic E-state index is -3.20. The zero-order valence-corrected chi connectivity index (χ0v) is 13.3. The Morgan fingerprint density at radius 3 is 2.32 bits per heavy atom. The normalized spacial score (nSPS) is 28.6. The van der Waals surface area contributed by atoms with Crippen LogP contribution in [0.5, 0.6) is 0 Å². The van der Waals surface area contributed by atoms with E-state index in [1.807, 2.05) is 0 Å². The first-order valence-electron chi connectivity index (χ1n) is 7.77. The van der Waals surface area contributed by atoms with Crippen LogP contribution < -0.4 is 5.32 Å². The van der Waals surface area contributed by atoms with Crippen LogP contribution in [0.3, 0.4) is 0 Å². The Bertz CT molecular complexity index is 441. The highest BCUT2D eigenvalue weighted by Crippen LogP contribution is 2.34. The summed E-state index contributed by atoms with van der Waals surface area (Å²) < 4.78 is 31.8. The molecule has 2 amide bonds. The van der Waals surface area contributed by atoms with Crippen molar-refractivity contribution in [2.45, 2.75) is 76.5 Å². The van der Waals surface area contributed by atoms with Crippen molar-refractivity contribution >= 4 is 12.0 Å². The molecule has 0 aromatic rings. The van der Waals surface area contributed by atoms with Crippen LogP contribution in [0.15, 0.2) is 0 Å². The Kier molecular flexibility index (Phi) is 4.63. The zero-order valence-electron chi connectivity index (χ0n) is 13.3. The number of ether oxygens (including phenoxy) is 1. The van der Waals surface area contributed by atoms with Crippen LogP contribution >= 0.6 is 0 Å². The number of alkyl carbamates (subject to hydrolysis) is 1. The van der Waals surface area contributed by atoms with Gasteiger partial charge in [-0.25, -0.2) is 4.79 Å². The minimum absolute atomic E-state index is 0.0238. The van der Waals surface area contributed by atoms with Crippen LogP contribution in [0, 0.1) is 0 Å². The van der Waals surface area contributed by atoms with Crippen LogP contribution in [0.4, 0.5) is 13.6 Å². The number of halogens is 2. The number of hydrogen-bond donors (Lipinski definition) is 1. The number of rotatable bonds is 2. The van der Waals surface area contributed by atoms with Crippen molar-refractivity contribution in [1.29, 1.82) is 0 Å². The fraction of sp³-hybridized carbons (Fsp3) is 0.867. The van der Waals surface area contributed by atoms with Gasteiger partial charge in [0.1, 0.15) is 5.60 Å². The van der Waals surface area contributed by atoms with Gasteiger partial charge in [0.2, 0.25) is 0 Å². The molecule has 1 saturated heterocycles. The van der Waals surface area contributed by atoms with Crippen molar-refractivity contribution in [3.05, 3.63) is 0 Å². The fourth-order valence-electron chi connectivity index (χ4n) is 3.03. The predicted molar refractivity (Wildman–Crippen MR) is 76.7 cm³/mol. The molecule has 0 bridgehead atoms. The van der Waals surface area contributed by atoms with Gasteiger partial charge >= 0.3 is 12.0 Å². The van der Waals surface area contributed by atoms with Gasteiger partial charge in [-0.3, -0.25) is 4.79 Å². The SMILES string of the molecule is CC(C)(C)OC(=O)N[C@H]1CC[C@H](N2CCC(F)(F)C2=O)CC1. The highest BCUT2D eigenvalue weighted by molar-refractivity contribution is 5.85. The minimum Gasteiger partial charge on any atom is -0.444 e. The third kappa shape index (κ3) is 4.08. The second-order valence-corrected chi connectivity index (χ2v) is 7.10. The molecular weight excluding hydrogens is 294 g/mol. The van der Waals surface area contributed by atoms with Crippen LogP contribution in [0.2, 0.25) is 0 Å². The molecule has 1 saturated carbocycles. The lowest BCUT2D eigenvalue weighted by atomic mass is 9.90. The van der Waals surface area contributed by atoms with Crippen LogP contribution in [-0.2, 0) is 9.53 Å². The molecular formula is C15H24F2N2O3. The maximum atomic E-state index is 13.3. The molecule has 1 heterocycles. The van der Waals surface area contributed by atoms with Crippen LogP contribution in [-0.4, -0.2) is 47.1 Å². The lowest BCUT2D eigenvalue weighted by molar-refractivity contribution is -0.150. The Morgan fingerprint density at radius 1 is 1.27 bits per heavy atom. The molecule has 0 aromatic heterocycles. The molecule has 1 aliphatic heterocycles. The average molecular weight is 318 g/mol. The number of hydrogen-bond acceptors (Lipinski definition) is 3. The van der Waals surface area contributed by atoms with Crippen LogP contribution in [0.1, 0.15) is 52.9 Å². The Balaban J connectivity index is 1.79. The van der Waals surface area contributed by atoms with E-state index in [1.54, 1.807) is 20.8 Å².